The van der Waals surface area contributed by atoms with Crippen molar-refractivity contribution in [3.63, 3.8) is 0 Å². The summed E-state index contributed by atoms with van der Waals surface area (Å²) in [5.41, 5.74) is 0.963. The lowest BCUT2D eigenvalue weighted by Gasteiger charge is -2.29. The second-order valence-corrected chi connectivity index (χ2v) is 7.85. The van der Waals surface area contributed by atoms with E-state index in [1.165, 1.54) is 18.2 Å². The van der Waals surface area contributed by atoms with Crippen molar-refractivity contribution in [3.8, 4) is 11.4 Å². The Morgan fingerprint density at radius 1 is 1.19 bits per heavy atom. The highest BCUT2D eigenvalue weighted by Crippen LogP contribution is 2.24. The smallest absolute Gasteiger partial charge is 0.321 e. The molecule has 1 heterocycles. The van der Waals surface area contributed by atoms with E-state index in [0.717, 1.165) is 30.7 Å². The molecule has 0 aliphatic heterocycles. The minimum atomic E-state index is -0.415. The predicted octanol–water partition coefficient (Wildman–Crippen LogP) is 2.98. The molecule has 8 heteroatoms. The largest absolute Gasteiger partial charge is 0.335 e. The number of benzene rings is 1. The number of rotatable bonds is 5. The molecule has 1 aromatic heterocycles. The van der Waals surface area contributed by atoms with Gasteiger partial charge in [0.05, 0.1) is 5.75 Å². The first-order chi connectivity index (χ1) is 13.0. The SMILES string of the molecule is C[C@H]1CCCC[C@@H]1NC(=O)NC(=O)CSc1nnc(-c2ccccc2)n1C. The predicted molar refractivity (Wildman–Crippen MR) is 105 cm³/mol. The zero-order chi connectivity index (χ0) is 19.2. The summed E-state index contributed by atoms with van der Waals surface area (Å²) >= 11 is 1.26. The lowest BCUT2D eigenvalue weighted by atomic mass is 9.86. The van der Waals surface area contributed by atoms with E-state index in [4.69, 9.17) is 0 Å². The van der Waals surface area contributed by atoms with Crippen molar-refractivity contribution >= 4 is 23.7 Å². The summed E-state index contributed by atoms with van der Waals surface area (Å²) in [5, 5.41) is 14.3. The standard InChI is InChI=1S/C19H25N5O2S/c1-13-8-6-7-11-15(13)20-18(26)21-16(25)12-27-19-23-22-17(24(19)2)14-9-4-3-5-10-14/h3-5,9-10,13,15H,6-8,11-12H2,1-2H3,(H2,20,21,25,26)/t13-,15-/m0/s1. The van der Waals surface area contributed by atoms with Crippen molar-refractivity contribution in [2.24, 2.45) is 13.0 Å². The minimum absolute atomic E-state index is 0.106. The molecule has 0 radical (unpaired) electrons. The van der Waals surface area contributed by atoms with Gasteiger partial charge in [0.15, 0.2) is 11.0 Å². The molecule has 1 saturated carbocycles. The number of amides is 3. The van der Waals surface area contributed by atoms with Gasteiger partial charge in [-0.05, 0) is 18.8 Å². The lowest BCUT2D eigenvalue weighted by molar-refractivity contribution is -0.117. The van der Waals surface area contributed by atoms with Crippen LogP contribution >= 0.6 is 11.8 Å². The maximum Gasteiger partial charge on any atom is 0.321 e. The number of thioether (sulfide) groups is 1. The summed E-state index contributed by atoms with van der Waals surface area (Å²) in [6.07, 6.45) is 4.41. The quantitative estimate of drug-likeness (QED) is 0.770. The Kier molecular flexibility index (Phi) is 6.49. The number of hydrogen-bond donors (Lipinski definition) is 2. The fraction of sp³-hybridized carbons (Fsp3) is 0.474. The Balaban J connectivity index is 1.49. The molecule has 1 aromatic carbocycles. The topological polar surface area (TPSA) is 88.9 Å². The van der Waals surface area contributed by atoms with Crippen LogP contribution < -0.4 is 10.6 Å². The van der Waals surface area contributed by atoms with Crippen LogP contribution in [0.2, 0.25) is 0 Å². The summed E-state index contributed by atoms with van der Waals surface area (Å²) in [7, 11) is 1.86. The summed E-state index contributed by atoms with van der Waals surface area (Å²) in [5.74, 6) is 0.950. The molecule has 2 atom stereocenters. The molecule has 2 N–H and O–H groups in total. The molecule has 3 amide bonds. The summed E-state index contributed by atoms with van der Waals surface area (Å²) < 4.78 is 1.84. The van der Waals surface area contributed by atoms with Crippen molar-refractivity contribution in [2.45, 2.75) is 43.8 Å². The molecule has 1 aliphatic rings. The zero-order valence-corrected chi connectivity index (χ0v) is 16.5. The van der Waals surface area contributed by atoms with E-state index in [1.807, 2.05) is 41.9 Å². The highest BCUT2D eigenvalue weighted by molar-refractivity contribution is 7.99. The van der Waals surface area contributed by atoms with Crippen LogP contribution in [0.1, 0.15) is 32.6 Å². The van der Waals surface area contributed by atoms with E-state index in [0.29, 0.717) is 11.1 Å². The first-order valence-corrected chi connectivity index (χ1v) is 10.2. The number of nitrogens with zero attached hydrogens (tertiary/aromatic N) is 3. The van der Waals surface area contributed by atoms with E-state index in [2.05, 4.69) is 27.8 Å². The molecule has 1 aliphatic carbocycles. The average molecular weight is 388 g/mol. The van der Waals surface area contributed by atoms with Gasteiger partial charge in [-0.3, -0.25) is 10.1 Å². The van der Waals surface area contributed by atoms with Crippen molar-refractivity contribution in [1.82, 2.24) is 25.4 Å². The van der Waals surface area contributed by atoms with Crippen LogP contribution in [0, 0.1) is 5.92 Å². The molecule has 144 valence electrons. The maximum atomic E-state index is 12.1. The number of carbonyl (C=O) groups is 2. The van der Waals surface area contributed by atoms with Crippen LogP contribution in [0.15, 0.2) is 35.5 Å². The Labute approximate surface area is 163 Å². The zero-order valence-electron chi connectivity index (χ0n) is 15.6. The molecule has 27 heavy (non-hydrogen) atoms. The van der Waals surface area contributed by atoms with E-state index >= 15 is 0 Å². The van der Waals surface area contributed by atoms with Crippen LogP contribution in [0.3, 0.4) is 0 Å². The number of aromatic nitrogens is 3. The van der Waals surface area contributed by atoms with E-state index in [1.54, 1.807) is 0 Å². The Hall–Kier alpha value is -2.35. The van der Waals surface area contributed by atoms with Gasteiger partial charge in [0.2, 0.25) is 5.91 Å². The Morgan fingerprint density at radius 2 is 1.93 bits per heavy atom. The summed E-state index contributed by atoms with van der Waals surface area (Å²) in [4.78, 5) is 24.1. The second kappa shape index (κ2) is 9.03. The molecular weight excluding hydrogens is 362 g/mol. The van der Waals surface area contributed by atoms with E-state index in [-0.39, 0.29) is 17.7 Å². The van der Waals surface area contributed by atoms with Gasteiger partial charge >= 0.3 is 6.03 Å². The Bertz CT molecular complexity index is 793. The third-order valence-electron chi connectivity index (χ3n) is 4.88. The van der Waals surface area contributed by atoms with Gasteiger partial charge in [-0.15, -0.1) is 10.2 Å². The van der Waals surface area contributed by atoms with E-state index < -0.39 is 6.03 Å². The van der Waals surface area contributed by atoms with Crippen LogP contribution in [-0.2, 0) is 11.8 Å². The first-order valence-electron chi connectivity index (χ1n) is 9.22. The molecular formula is C19H25N5O2S. The molecule has 2 aromatic rings. The highest BCUT2D eigenvalue weighted by atomic mass is 32.2. The van der Waals surface area contributed by atoms with Crippen molar-refractivity contribution in [3.05, 3.63) is 30.3 Å². The van der Waals surface area contributed by atoms with Gasteiger partial charge in [0, 0.05) is 18.7 Å². The number of imide groups is 1. The lowest BCUT2D eigenvalue weighted by Crippen LogP contribution is -2.48. The molecule has 1 fully saturated rings. The van der Waals surface area contributed by atoms with Crippen LogP contribution in [-0.4, -0.2) is 38.5 Å². The average Bonchev–Trinajstić information content (AvgIpc) is 3.03. The van der Waals surface area contributed by atoms with Gasteiger partial charge in [-0.2, -0.15) is 0 Å². The highest BCUT2D eigenvalue weighted by Gasteiger charge is 2.23. The van der Waals surface area contributed by atoms with Gasteiger partial charge in [-0.1, -0.05) is 61.9 Å². The number of nitrogens with one attached hydrogen (secondary N) is 2. The molecule has 7 nitrogen and oxygen atoms in total. The van der Waals surface area contributed by atoms with Gasteiger partial charge < -0.3 is 9.88 Å². The van der Waals surface area contributed by atoms with Crippen LogP contribution in [0.25, 0.3) is 11.4 Å². The molecule has 3 rings (SSSR count). The molecule has 0 saturated heterocycles. The third kappa shape index (κ3) is 5.09. The number of carbonyl (C=O) groups excluding carboxylic acids is 2. The van der Waals surface area contributed by atoms with Crippen molar-refractivity contribution in [1.29, 1.82) is 0 Å². The van der Waals surface area contributed by atoms with Gasteiger partial charge in [-0.25, -0.2) is 4.79 Å². The van der Waals surface area contributed by atoms with Crippen molar-refractivity contribution < 1.29 is 9.59 Å². The minimum Gasteiger partial charge on any atom is -0.335 e. The molecule has 0 bridgehead atoms. The fourth-order valence-electron chi connectivity index (χ4n) is 3.31. The second-order valence-electron chi connectivity index (χ2n) is 6.91. The monoisotopic (exact) mass is 387 g/mol. The Morgan fingerprint density at radius 3 is 2.67 bits per heavy atom. The summed E-state index contributed by atoms with van der Waals surface area (Å²) in [6, 6.07) is 9.47. The molecule has 0 unspecified atom stereocenters. The van der Waals surface area contributed by atoms with Gasteiger partial charge in [0.1, 0.15) is 0 Å². The van der Waals surface area contributed by atoms with Crippen molar-refractivity contribution in [2.75, 3.05) is 5.75 Å². The third-order valence-corrected chi connectivity index (χ3v) is 5.90. The molecule has 0 spiro atoms. The van der Waals surface area contributed by atoms with Crippen LogP contribution in [0.4, 0.5) is 4.79 Å². The van der Waals surface area contributed by atoms with Crippen LogP contribution in [0.5, 0.6) is 0 Å². The summed E-state index contributed by atoms with van der Waals surface area (Å²) in [6.45, 7) is 2.14. The number of urea groups is 1. The maximum absolute atomic E-state index is 12.1. The first kappa shape index (κ1) is 19.4. The normalized spacial score (nSPS) is 19.5. The fourth-order valence-corrected chi connectivity index (χ4v) is 4.02. The van der Waals surface area contributed by atoms with Gasteiger partial charge in [0.25, 0.3) is 0 Å². The van der Waals surface area contributed by atoms with E-state index in [9.17, 15) is 9.59 Å². The number of hydrogen-bond acceptors (Lipinski definition) is 5.